The van der Waals surface area contributed by atoms with Gasteiger partial charge < -0.3 is 10.1 Å². The summed E-state index contributed by atoms with van der Waals surface area (Å²) < 4.78 is 5.52. The van der Waals surface area contributed by atoms with E-state index in [0.717, 1.165) is 32.1 Å². The standard InChI is InChI=1S/C33H53NO3/c1-20(2)22-12-17-33(28(36)37-9)19-18-31(7)23(27(22)33)10-11-25-30(6)15-14-26(34-21(3)35)29(4,5)24(30)13-16-32(25,31)8/h22-27H,1,10-19H2,2-9H3,(H,34,35)/t22-,23?,24?,25?,26+,27?,30-,31+,32+,33-/m0/s1. The average Bonchev–Trinajstić information content (AvgIpc) is 3.22. The zero-order valence-corrected chi connectivity index (χ0v) is 25.0. The van der Waals surface area contributed by atoms with Crippen molar-refractivity contribution in [3.05, 3.63) is 12.2 Å². The Hall–Kier alpha value is -1.32. The summed E-state index contributed by atoms with van der Waals surface area (Å²) in [7, 11) is 1.59. The summed E-state index contributed by atoms with van der Waals surface area (Å²) in [5.41, 5.74) is 1.83. The Morgan fingerprint density at radius 3 is 2.14 bits per heavy atom. The van der Waals surface area contributed by atoms with Gasteiger partial charge in [0.25, 0.3) is 0 Å². The van der Waals surface area contributed by atoms with E-state index in [0.29, 0.717) is 35.0 Å². The number of fused-ring (bicyclic) bond motifs is 7. The molecule has 5 saturated carbocycles. The van der Waals surface area contributed by atoms with Crippen molar-refractivity contribution in [3.63, 3.8) is 0 Å². The van der Waals surface area contributed by atoms with Crippen molar-refractivity contribution in [2.24, 2.45) is 56.7 Å². The molecular weight excluding hydrogens is 458 g/mol. The normalized spacial score (nSPS) is 50.1. The highest BCUT2D eigenvalue weighted by atomic mass is 16.5. The maximum Gasteiger partial charge on any atom is 0.312 e. The van der Waals surface area contributed by atoms with Crippen molar-refractivity contribution < 1.29 is 14.3 Å². The second-order valence-electron chi connectivity index (χ2n) is 15.4. The Balaban J connectivity index is 1.52. The van der Waals surface area contributed by atoms with E-state index in [4.69, 9.17) is 4.74 Å². The van der Waals surface area contributed by atoms with Crippen LogP contribution in [0.15, 0.2) is 12.2 Å². The molecule has 0 saturated heterocycles. The van der Waals surface area contributed by atoms with E-state index in [1.165, 1.54) is 37.7 Å². The summed E-state index contributed by atoms with van der Waals surface area (Å²) in [6.07, 6.45) is 11.4. The minimum atomic E-state index is -0.314. The maximum absolute atomic E-state index is 13.4. The lowest BCUT2D eigenvalue weighted by Crippen LogP contribution is -2.68. The quantitative estimate of drug-likeness (QED) is 0.319. The van der Waals surface area contributed by atoms with Crippen LogP contribution < -0.4 is 5.32 Å². The summed E-state index contributed by atoms with van der Waals surface area (Å²) >= 11 is 0. The molecule has 0 aromatic carbocycles. The minimum Gasteiger partial charge on any atom is -0.469 e. The number of methoxy groups -OCH3 is 1. The summed E-state index contributed by atoms with van der Waals surface area (Å²) in [6, 6.07) is 0.268. The van der Waals surface area contributed by atoms with Crippen molar-refractivity contribution in [1.82, 2.24) is 5.32 Å². The number of esters is 1. The SMILES string of the molecule is C=C(C)[C@@H]1CC[C@]2(C(=O)OC)CC[C@]3(C)C(CCC4[C@@]5(C)CC[C@@H](NC(C)=O)C(C)(C)C5CC[C@]43C)C12. The zero-order chi connectivity index (χ0) is 27.2. The van der Waals surface area contributed by atoms with Crippen molar-refractivity contribution in [2.45, 2.75) is 119 Å². The Bertz CT molecular complexity index is 986. The van der Waals surface area contributed by atoms with Crippen LogP contribution in [0.4, 0.5) is 0 Å². The molecule has 4 nitrogen and oxygen atoms in total. The van der Waals surface area contributed by atoms with E-state index >= 15 is 0 Å². The molecule has 0 bridgehead atoms. The number of allylic oxidation sites excluding steroid dienone is 1. The molecule has 5 rings (SSSR count). The molecule has 5 aliphatic rings. The van der Waals surface area contributed by atoms with Crippen LogP contribution in [0.25, 0.3) is 0 Å². The van der Waals surface area contributed by atoms with E-state index in [1.807, 2.05) is 0 Å². The molecule has 5 fully saturated rings. The van der Waals surface area contributed by atoms with Crippen molar-refractivity contribution in [1.29, 1.82) is 0 Å². The van der Waals surface area contributed by atoms with Crippen LogP contribution in [-0.2, 0) is 14.3 Å². The molecule has 4 unspecified atom stereocenters. The lowest BCUT2D eigenvalue weighted by atomic mass is 9.32. The van der Waals surface area contributed by atoms with E-state index in [9.17, 15) is 9.59 Å². The van der Waals surface area contributed by atoms with E-state index in [2.05, 4.69) is 53.4 Å². The van der Waals surface area contributed by atoms with Crippen LogP contribution in [0, 0.1) is 56.7 Å². The summed E-state index contributed by atoms with van der Waals surface area (Å²) in [4.78, 5) is 25.4. The van der Waals surface area contributed by atoms with Gasteiger partial charge in [0.15, 0.2) is 0 Å². The molecule has 5 aliphatic carbocycles. The molecule has 0 heterocycles. The fourth-order valence-corrected chi connectivity index (χ4v) is 12.2. The van der Waals surface area contributed by atoms with Crippen LogP contribution in [0.1, 0.15) is 113 Å². The predicted octanol–water partition coefficient (Wildman–Crippen LogP) is 7.32. The minimum absolute atomic E-state index is 0.0456. The third-order valence-corrected chi connectivity index (χ3v) is 14.1. The highest BCUT2D eigenvalue weighted by molar-refractivity contribution is 5.78. The fourth-order valence-electron chi connectivity index (χ4n) is 12.2. The van der Waals surface area contributed by atoms with Crippen LogP contribution in [0.5, 0.6) is 0 Å². The number of nitrogens with one attached hydrogen (secondary N) is 1. The predicted molar refractivity (Wildman–Crippen MR) is 149 cm³/mol. The Kier molecular flexibility index (Phi) is 6.33. The van der Waals surface area contributed by atoms with Crippen LogP contribution in [-0.4, -0.2) is 25.0 Å². The highest BCUT2D eigenvalue weighted by Crippen LogP contribution is 2.77. The van der Waals surface area contributed by atoms with Gasteiger partial charge in [-0.1, -0.05) is 46.8 Å². The van der Waals surface area contributed by atoms with Gasteiger partial charge in [-0.25, -0.2) is 0 Å². The lowest BCUT2D eigenvalue weighted by Gasteiger charge is -2.73. The first-order valence-electron chi connectivity index (χ1n) is 15.2. The van der Waals surface area contributed by atoms with Crippen molar-refractivity contribution >= 4 is 11.9 Å². The van der Waals surface area contributed by atoms with Gasteiger partial charge in [0.2, 0.25) is 5.91 Å². The lowest BCUT2D eigenvalue weighted by molar-refractivity contribution is -0.240. The molecule has 208 valence electrons. The number of carbonyl (C=O) groups is 2. The molecule has 4 heteroatoms. The highest BCUT2D eigenvalue weighted by Gasteiger charge is 2.72. The van der Waals surface area contributed by atoms with Gasteiger partial charge in [-0.2, -0.15) is 0 Å². The van der Waals surface area contributed by atoms with E-state index in [1.54, 1.807) is 14.0 Å². The van der Waals surface area contributed by atoms with Crippen LogP contribution >= 0.6 is 0 Å². The number of rotatable bonds is 3. The largest absolute Gasteiger partial charge is 0.469 e. The van der Waals surface area contributed by atoms with Gasteiger partial charge in [-0.15, -0.1) is 0 Å². The van der Waals surface area contributed by atoms with Gasteiger partial charge in [0, 0.05) is 13.0 Å². The summed E-state index contributed by atoms with van der Waals surface area (Å²) in [5.74, 6) is 2.81. The molecule has 10 atom stereocenters. The van der Waals surface area contributed by atoms with Gasteiger partial charge in [0.1, 0.15) is 0 Å². The third kappa shape index (κ3) is 3.45. The van der Waals surface area contributed by atoms with E-state index in [-0.39, 0.29) is 39.6 Å². The van der Waals surface area contributed by atoms with Crippen LogP contribution in [0.2, 0.25) is 0 Å². The first-order chi connectivity index (χ1) is 17.2. The molecule has 0 spiro atoms. The third-order valence-electron chi connectivity index (χ3n) is 14.1. The molecule has 0 aromatic rings. The number of hydrogen-bond donors (Lipinski definition) is 1. The Labute approximate surface area is 226 Å². The first-order valence-corrected chi connectivity index (χ1v) is 15.2. The molecule has 1 N–H and O–H groups in total. The van der Waals surface area contributed by atoms with Crippen molar-refractivity contribution in [2.75, 3.05) is 7.11 Å². The van der Waals surface area contributed by atoms with E-state index < -0.39 is 0 Å². The Morgan fingerprint density at radius 2 is 1.51 bits per heavy atom. The van der Waals surface area contributed by atoms with Gasteiger partial charge >= 0.3 is 5.97 Å². The number of carbonyl (C=O) groups excluding carboxylic acids is 2. The maximum atomic E-state index is 13.4. The molecule has 0 aromatic heterocycles. The second kappa shape index (κ2) is 8.59. The van der Waals surface area contributed by atoms with Crippen molar-refractivity contribution in [3.8, 4) is 0 Å². The average molecular weight is 512 g/mol. The monoisotopic (exact) mass is 511 g/mol. The van der Waals surface area contributed by atoms with Crippen LogP contribution in [0.3, 0.4) is 0 Å². The number of ether oxygens (including phenoxy) is 1. The smallest absolute Gasteiger partial charge is 0.312 e. The summed E-state index contributed by atoms with van der Waals surface area (Å²) in [6.45, 7) is 21.0. The number of amides is 1. The zero-order valence-electron chi connectivity index (χ0n) is 25.0. The molecular formula is C33H53NO3. The van der Waals surface area contributed by atoms with Gasteiger partial charge in [0.05, 0.1) is 12.5 Å². The van der Waals surface area contributed by atoms with Gasteiger partial charge in [-0.3, -0.25) is 9.59 Å². The number of hydrogen-bond acceptors (Lipinski definition) is 3. The topological polar surface area (TPSA) is 55.4 Å². The Morgan fingerprint density at radius 1 is 0.811 bits per heavy atom. The fraction of sp³-hybridized carbons (Fsp3) is 0.879. The molecule has 37 heavy (non-hydrogen) atoms. The first kappa shape index (κ1) is 27.3. The second-order valence-corrected chi connectivity index (χ2v) is 15.4. The van der Waals surface area contributed by atoms with Gasteiger partial charge in [-0.05, 0) is 122 Å². The molecule has 0 aliphatic heterocycles. The molecule has 1 amide bonds. The molecule has 0 radical (unpaired) electrons. The summed E-state index contributed by atoms with van der Waals surface area (Å²) in [5, 5.41) is 3.33.